The van der Waals surface area contributed by atoms with Gasteiger partial charge in [0.15, 0.2) is 0 Å². The average Bonchev–Trinajstić information content (AvgIpc) is 3.37. The molecule has 0 radical (unpaired) electrons. The highest BCUT2D eigenvalue weighted by molar-refractivity contribution is 5.92. The highest BCUT2D eigenvalue weighted by atomic mass is 16.5. The predicted molar refractivity (Wildman–Crippen MR) is 107 cm³/mol. The van der Waals surface area contributed by atoms with Crippen LogP contribution >= 0.6 is 0 Å². The number of hydrogen-bond acceptors (Lipinski definition) is 7. The Bertz CT molecular complexity index is 1010. The molecule has 8 nitrogen and oxygen atoms in total. The number of amides is 1. The Morgan fingerprint density at radius 1 is 1.20 bits per heavy atom. The van der Waals surface area contributed by atoms with Crippen molar-refractivity contribution in [2.45, 2.75) is 63.2 Å². The Morgan fingerprint density at radius 2 is 2.00 bits per heavy atom. The number of hydrogen-bond donors (Lipinski definition) is 1. The fourth-order valence-electron chi connectivity index (χ4n) is 3.75. The van der Waals surface area contributed by atoms with Gasteiger partial charge >= 0.3 is 0 Å². The summed E-state index contributed by atoms with van der Waals surface area (Å²) in [6.07, 6.45) is 5.08. The smallest absolute Gasteiger partial charge is 0.290 e. The van der Waals surface area contributed by atoms with Crippen LogP contribution in [0.15, 0.2) is 45.3 Å². The van der Waals surface area contributed by atoms with Crippen molar-refractivity contribution < 1.29 is 18.5 Å². The normalized spacial score (nSPS) is 22.2. The lowest BCUT2D eigenvalue weighted by molar-refractivity contribution is -0.0553. The van der Waals surface area contributed by atoms with Gasteiger partial charge in [0.2, 0.25) is 17.5 Å². The Balaban J connectivity index is 1.12. The third-order valence-corrected chi connectivity index (χ3v) is 5.88. The summed E-state index contributed by atoms with van der Waals surface area (Å²) < 4.78 is 16.9. The fraction of sp³-hybridized carbons (Fsp3) is 0.455. The molecule has 1 amide bonds. The maximum Gasteiger partial charge on any atom is 0.290 e. The number of nitrogens with zero attached hydrogens (tertiary/aromatic N) is 3. The minimum Gasteiger partial charge on any atom is -0.422 e. The molecular weight excluding hydrogens is 384 g/mol. The monoisotopic (exact) mass is 408 g/mol. The van der Waals surface area contributed by atoms with Crippen LogP contribution in [0.5, 0.6) is 0 Å². The van der Waals surface area contributed by atoms with E-state index in [-0.39, 0.29) is 29.7 Å². The van der Waals surface area contributed by atoms with E-state index in [1.165, 1.54) is 6.42 Å². The lowest BCUT2D eigenvalue weighted by Crippen LogP contribution is -2.43. The molecule has 1 unspecified atom stereocenters. The molecule has 1 aromatic carbocycles. The highest BCUT2D eigenvalue weighted by Gasteiger charge is 2.36. The van der Waals surface area contributed by atoms with Crippen molar-refractivity contribution in [2.75, 3.05) is 0 Å². The standard InChI is InChI=1S/C22H24N4O4/c1-13(28-17-8-5-9-17)21-24-25-22(29-21)15-10-16(11-15)23-20(27)19-12-18(26-30-19)14-6-3-2-4-7-14/h2-4,6-7,12-13,15-17H,5,8-11H2,1H3,(H,23,27)/t13?,15-,16-. The Hall–Kier alpha value is -3.00. The van der Waals surface area contributed by atoms with Crippen molar-refractivity contribution in [1.29, 1.82) is 0 Å². The molecule has 1 atom stereocenters. The van der Waals surface area contributed by atoms with Gasteiger partial charge in [0.1, 0.15) is 11.8 Å². The van der Waals surface area contributed by atoms with Crippen LogP contribution in [0.3, 0.4) is 0 Å². The van der Waals surface area contributed by atoms with E-state index in [9.17, 15) is 4.79 Å². The SMILES string of the molecule is CC(OC1CCC1)c1nnc([C@H]2C[C@H](NC(=O)c3cc(-c4ccccc4)no3)C2)o1. The summed E-state index contributed by atoms with van der Waals surface area (Å²) in [6.45, 7) is 1.94. The van der Waals surface area contributed by atoms with Crippen LogP contribution < -0.4 is 5.32 Å². The van der Waals surface area contributed by atoms with Gasteiger partial charge in [0.25, 0.3) is 5.91 Å². The summed E-state index contributed by atoms with van der Waals surface area (Å²) in [4.78, 5) is 12.5. The summed E-state index contributed by atoms with van der Waals surface area (Å²) in [5, 5.41) is 15.3. The van der Waals surface area contributed by atoms with E-state index in [4.69, 9.17) is 13.7 Å². The minimum absolute atomic E-state index is 0.0479. The lowest BCUT2D eigenvalue weighted by atomic mass is 9.80. The molecule has 0 aliphatic heterocycles. The van der Waals surface area contributed by atoms with Crippen LogP contribution in [0.4, 0.5) is 0 Å². The summed E-state index contributed by atoms with van der Waals surface area (Å²) in [7, 11) is 0. The first-order valence-electron chi connectivity index (χ1n) is 10.5. The van der Waals surface area contributed by atoms with Gasteiger partial charge in [0.05, 0.1) is 6.10 Å². The molecule has 30 heavy (non-hydrogen) atoms. The number of rotatable bonds is 7. The maximum atomic E-state index is 12.5. The first-order valence-corrected chi connectivity index (χ1v) is 10.5. The van der Waals surface area contributed by atoms with E-state index in [0.29, 0.717) is 23.6 Å². The molecule has 1 N–H and O–H groups in total. The Kier molecular flexibility index (Phi) is 5.08. The van der Waals surface area contributed by atoms with Gasteiger partial charge in [-0.3, -0.25) is 4.79 Å². The van der Waals surface area contributed by atoms with Gasteiger partial charge in [-0.25, -0.2) is 0 Å². The van der Waals surface area contributed by atoms with E-state index < -0.39 is 0 Å². The van der Waals surface area contributed by atoms with Crippen LogP contribution in [-0.4, -0.2) is 33.4 Å². The van der Waals surface area contributed by atoms with E-state index in [0.717, 1.165) is 31.2 Å². The molecule has 2 saturated carbocycles. The summed E-state index contributed by atoms with van der Waals surface area (Å²) >= 11 is 0. The quantitative estimate of drug-likeness (QED) is 0.629. The van der Waals surface area contributed by atoms with E-state index >= 15 is 0 Å². The Labute approximate surface area is 174 Å². The van der Waals surface area contributed by atoms with Crippen LogP contribution in [0.2, 0.25) is 0 Å². The van der Waals surface area contributed by atoms with Gasteiger partial charge in [-0.2, -0.15) is 0 Å². The van der Waals surface area contributed by atoms with Crippen molar-refractivity contribution in [3.05, 3.63) is 53.9 Å². The molecular formula is C22H24N4O4. The van der Waals surface area contributed by atoms with Crippen LogP contribution in [0, 0.1) is 0 Å². The molecule has 0 saturated heterocycles. The lowest BCUT2D eigenvalue weighted by Gasteiger charge is -2.33. The highest BCUT2D eigenvalue weighted by Crippen LogP contribution is 2.37. The van der Waals surface area contributed by atoms with E-state index in [1.807, 2.05) is 37.3 Å². The molecule has 2 aromatic heterocycles. The number of carbonyl (C=O) groups is 1. The molecule has 3 aromatic rings. The number of carbonyl (C=O) groups excluding carboxylic acids is 1. The first-order chi connectivity index (χ1) is 14.7. The average molecular weight is 408 g/mol. The van der Waals surface area contributed by atoms with E-state index in [1.54, 1.807) is 6.07 Å². The molecule has 2 aliphatic rings. The van der Waals surface area contributed by atoms with Gasteiger partial charge in [-0.1, -0.05) is 35.5 Å². The molecule has 2 fully saturated rings. The fourth-order valence-corrected chi connectivity index (χ4v) is 3.75. The van der Waals surface area contributed by atoms with Crippen molar-refractivity contribution >= 4 is 5.91 Å². The maximum absolute atomic E-state index is 12.5. The number of nitrogens with one attached hydrogen (secondary N) is 1. The zero-order valence-electron chi connectivity index (χ0n) is 16.8. The van der Waals surface area contributed by atoms with Crippen molar-refractivity contribution in [1.82, 2.24) is 20.7 Å². The number of ether oxygens (including phenoxy) is 1. The van der Waals surface area contributed by atoms with Crippen LogP contribution in [0.1, 0.15) is 73.4 Å². The largest absolute Gasteiger partial charge is 0.422 e. The second-order valence-electron chi connectivity index (χ2n) is 8.09. The number of benzene rings is 1. The molecule has 5 rings (SSSR count). The molecule has 2 heterocycles. The van der Waals surface area contributed by atoms with Gasteiger partial charge in [-0.15, -0.1) is 10.2 Å². The van der Waals surface area contributed by atoms with Crippen LogP contribution in [0.25, 0.3) is 11.3 Å². The third-order valence-electron chi connectivity index (χ3n) is 5.88. The van der Waals surface area contributed by atoms with Gasteiger partial charge in [-0.05, 0) is 39.0 Å². The zero-order chi connectivity index (χ0) is 20.5. The van der Waals surface area contributed by atoms with Gasteiger partial charge in [0, 0.05) is 23.6 Å². The van der Waals surface area contributed by atoms with Gasteiger partial charge < -0.3 is 19.0 Å². The molecule has 8 heteroatoms. The molecule has 156 valence electrons. The number of aromatic nitrogens is 3. The van der Waals surface area contributed by atoms with E-state index in [2.05, 4.69) is 20.7 Å². The topological polar surface area (TPSA) is 103 Å². The summed E-state index contributed by atoms with van der Waals surface area (Å²) in [5.74, 6) is 1.24. The first kappa shape index (κ1) is 19.0. The summed E-state index contributed by atoms with van der Waals surface area (Å²) in [5.41, 5.74) is 1.55. The van der Waals surface area contributed by atoms with Crippen molar-refractivity contribution in [3.8, 4) is 11.3 Å². The van der Waals surface area contributed by atoms with Crippen LogP contribution in [-0.2, 0) is 4.74 Å². The molecule has 0 bridgehead atoms. The van der Waals surface area contributed by atoms with Crippen molar-refractivity contribution in [2.24, 2.45) is 0 Å². The minimum atomic E-state index is -0.262. The van der Waals surface area contributed by atoms with Crippen molar-refractivity contribution in [3.63, 3.8) is 0 Å². The summed E-state index contributed by atoms with van der Waals surface area (Å²) in [6, 6.07) is 11.3. The predicted octanol–water partition coefficient (Wildman–Crippen LogP) is 4.03. The second-order valence-corrected chi connectivity index (χ2v) is 8.09. The molecule has 0 spiro atoms. The zero-order valence-corrected chi connectivity index (χ0v) is 16.8. The Morgan fingerprint density at radius 3 is 2.73 bits per heavy atom. The second kappa shape index (κ2) is 8.02. The molecule has 2 aliphatic carbocycles. The third kappa shape index (κ3) is 3.87.